The van der Waals surface area contributed by atoms with Crippen LogP contribution in [0, 0.1) is 12.3 Å². The van der Waals surface area contributed by atoms with Crippen LogP contribution in [-0.4, -0.2) is 38.1 Å². The number of ketones is 1. The summed E-state index contributed by atoms with van der Waals surface area (Å²) >= 11 is 0. The van der Waals surface area contributed by atoms with Gasteiger partial charge in [0, 0.05) is 12.0 Å². The smallest absolute Gasteiger partial charge is 0.310 e. The summed E-state index contributed by atoms with van der Waals surface area (Å²) in [6, 6.07) is 19.4. The van der Waals surface area contributed by atoms with Gasteiger partial charge in [0.1, 0.15) is 10.6 Å². The highest BCUT2D eigenvalue weighted by molar-refractivity contribution is 7.91. The van der Waals surface area contributed by atoms with Gasteiger partial charge in [-0.2, -0.15) is 0 Å². The van der Waals surface area contributed by atoms with Gasteiger partial charge in [0.05, 0.1) is 18.3 Å². The number of methoxy groups -OCH3 is 1. The topological polar surface area (TPSA) is 97.7 Å². The van der Waals surface area contributed by atoms with Gasteiger partial charge in [-0.3, -0.25) is 9.59 Å². The zero-order valence-electron chi connectivity index (χ0n) is 19.8. The number of hydrogen-bond donors (Lipinski definition) is 1. The van der Waals surface area contributed by atoms with E-state index in [4.69, 9.17) is 4.74 Å². The summed E-state index contributed by atoms with van der Waals surface area (Å²) in [5.74, 6) is -1.41. The second kappa shape index (κ2) is 9.66. The third-order valence-corrected chi connectivity index (χ3v) is 8.42. The molecular formula is C28H28O6S. The van der Waals surface area contributed by atoms with Crippen molar-refractivity contribution < 1.29 is 27.9 Å². The van der Waals surface area contributed by atoms with E-state index in [0.29, 0.717) is 6.42 Å². The van der Waals surface area contributed by atoms with Gasteiger partial charge in [0.25, 0.3) is 0 Å². The van der Waals surface area contributed by atoms with Crippen LogP contribution in [0.15, 0.2) is 71.6 Å². The van der Waals surface area contributed by atoms with Gasteiger partial charge in [-0.25, -0.2) is 8.42 Å². The maximum atomic E-state index is 13.3. The molecule has 35 heavy (non-hydrogen) atoms. The van der Waals surface area contributed by atoms with E-state index in [1.165, 1.54) is 25.3 Å². The molecule has 1 aliphatic rings. The van der Waals surface area contributed by atoms with Crippen LogP contribution >= 0.6 is 0 Å². The van der Waals surface area contributed by atoms with Crippen LogP contribution < -0.4 is 4.74 Å². The summed E-state index contributed by atoms with van der Waals surface area (Å²) < 4.78 is 31.7. The van der Waals surface area contributed by atoms with Gasteiger partial charge < -0.3 is 9.84 Å². The lowest BCUT2D eigenvalue weighted by Crippen LogP contribution is -2.34. The number of benzene rings is 3. The Balaban J connectivity index is 1.59. The Morgan fingerprint density at radius 2 is 1.66 bits per heavy atom. The van der Waals surface area contributed by atoms with E-state index in [2.05, 4.69) is 0 Å². The summed E-state index contributed by atoms with van der Waals surface area (Å²) in [5.41, 5.74) is 2.73. The van der Waals surface area contributed by atoms with Crippen LogP contribution in [0.25, 0.3) is 0 Å². The van der Waals surface area contributed by atoms with Gasteiger partial charge in [0.15, 0.2) is 15.6 Å². The number of carbonyl (C=O) groups is 2. The van der Waals surface area contributed by atoms with E-state index >= 15 is 0 Å². The molecular weight excluding hydrogens is 464 g/mol. The standard InChI is InChI=1S/C28H28O6S/c1-19-6-5-7-20(14-19)12-13-35(32,33)26-15-21(10-11-25(26)34-2)24(29)18-28(27(30)31)16-22-8-3-4-9-23(22)17-28/h3-11,14-15H,12-13,16-18H2,1-2H3,(H,30,31). The minimum absolute atomic E-state index is 0.0578. The Kier molecular flexibility index (Phi) is 6.81. The molecule has 182 valence electrons. The maximum absolute atomic E-state index is 13.3. The first-order valence-electron chi connectivity index (χ1n) is 11.4. The maximum Gasteiger partial charge on any atom is 0.310 e. The van der Waals surface area contributed by atoms with Crippen molar-refractivity contribution >= 4 is 21.6 Å². The van der Waals surface area contributed by atoms with E-state index in [9.17, 15) is 23.1 Å². The second-order valence-electron chi connectivity index (χ2n) is 9.23. The van der Waals surface area contributed by atoms with Crippen molar-refractivity contribution in [2.24, 2.45) is 5.41 Å². The number of fused-ring (bicyclic) bond motifs is 1. The minimum atomic E-state index is -3.77. The average Bonchev–Trinajstić information content (AvgIpc) is 3.22. The number of rotatable bonds is 9. The first kappa shape index (κ1) is 24.7. The number of aliphatic carboxylic acids is 1. The Morgan fingerprint density at radius 1 is 0.971 bits per heavy atom. The fraction of sp³-hybridized carbons (Fsp3) is 0.286. The van der Waals surface area contributed by atoms with Gasteiger partial charge in [-0.05, 0) is 61.1 Å². The molecule has 0 unspecified atom stereocenters. The van der Waals surface area contributed by atoms with E-state index < -0.39 is 27.0 Å². The largest absolute Gasteiger partial charge is 0.495 e. The minimum Gasteiger partial charge on any atom is -0.495 e. The van der Waals surface area contributed by atoms with Gasteiger partial charge in [0.2, 0.25) is 0 Å². The summed E-state index contributed by atoms with van der Waals surface area (Å²) in [4.78, 5) is 25.5. The van der Waals surface area contributed by atoms with Crippen LogP contribution in [0.2, 0.25) is 0 Å². The molecule has 0 bridgehead atoms. The first-order valence-corrected chi connectivity index (χ1v) is 13.1. The lowest BCUT2D eigenvalue weighted by atomic mass is 9.79. The van der Waals surface area contributed by atoms with Crippen molar-refractivity contribution in [1.82, 2.24) is 0 Å². The lowest BCUT2D eigenvalue weighted by Gasteiger charge is -2.23. The Labute approximate surface area is 205 Å². The fourth-order valence-electron chi connectivity index (χ4n) is 4.78. The van der Waals surface area contributed by atoms with E-state index in [1.807, 2.05) is 55.5 Å². The molecule has 1 N–H and O–H groups in total. The van der Waals surface area contributed by atoms with Crippen LogP contribution in [0.4, 0.5) is 0 Å². The summed E-state index contributed by atoms with van der Waals surface area (Å²) in [6.45, 7) is 1.95. The number of carbonyl (C=O) groups excluding carboxylic acids is 1. The zero-order chi connectivity index (χ0) is 25.2. The molecule has 7 heteroatoms. The highest BCUT2D eigenvalue weighted by Crippen LogP contribution is 2.41. The number of Topliss-reactive ketones (excluding diaryl/α,β-unsaturated/α-hetero) is 1. The van der Waals surface area contributed by atoms with Crippen LogP contribution in [0.3, 0.4) is 0 Å². The molecule has 0 atom stereocenters. The third-order valence-electron chi connectivity index (χ3n) is 6.69. The van der Waals surface area contributed by atoms with Crippen LogP contribution in [-0.2, 0) is 33.9 Å². The Morgan fingerprint density at radius 3 is 2.26 bits per heavy atom. The van der Waals surface area contributed by atoms with E-state index in [1.54, 1.807) is 0 Å². The summed E-state index contributed by atoms with van der Waals surface area (Å²) in [7, 11) is -2.39. The van der Waals surface area contributed by atoms with Crippen molar-refractivity contribution in [1.29, 1.82) is 0 Å². The number of hydrogen-bond acceptors (Lipinski definition) is 5. The number of carboxylic acids is 1. The zero-order valence-corrected chi connectivity index (χ0v) is 20.6. The molecule has 0 fully saturated rings. The van der Waals surface area contributed by atoms with E-state index in [-0.39, 0.29) is 41.2 Å². The number of carboxylic acid groups (broad SMARTS) is 1. The monoisotopic (exact) mass is 492 g/mol. The molecule has 0 aromatic heterocycles. The fourth-order valence-corrected chi connectivity index (χ4v) is 6.27. The van der Waals surface area contributed by atoms with Crippen LogP contribution in [0.5, 0.6) is 5.75 Å². The van der Waals surface area contributed by atoms with Crippen molar-refractivity contribution in [3.8, 4) is 5.75 Å². The molecule has 0 saturated carbocycles. The normalized spacial score (nSPS) is 14.3. The summed E-state index contributed by atoms with van der Waals surface area (Å²) in [6.07, 6.45) is 0.641. The highest BCUT2D eigenvalue weighted by atomic mass is 32.2. The molecule has 3 aromatic carbocycles. The molecule has 0 amide bonds. The van der Waals surface area contributed by atoms with Gasteiger partial charge in [-0.1, -0.05) is 54.1 Å². The highest BCUT2D eigenvalue weighted by Gasteiger charge is 2.45. The lowest BCUT2D eigenvalue weighted by molar-refractivity contribution is -0.148. The van der Waals surface area contributed by atoms with E-state index in [0.717, 1.165) is 22.3 Å². The van der Waals surface area contributed by atoms with Gasteiger partial charge >= 0.3 is 5.97 Å². The number of aryl methyl sites for hydroxylation is 2. The third kappa shape index (κ3) is 5.15. The molecule has 1 aliphatic carbocycles. The van der Waals surface area contributed by atoms with Crippen molar-refractivity contribution in [2.45, 2.75) is 37.5 Å². The second-order valence-corrected chi connectivity index (χ2v) is 11.3. The molecule has 0 aliphatic heterocycles. The van der Waals surface area contributed by atoms with Crippen molar-refractivity contribution in [3.63, 3.8) is 0 Å². The van der Waals surface area contributed by atoms with Crippen molar-refractivity contribution in [2.75, 3.05) is 12.9 Å². The van der Waals surface area contributed by atoms with Crippen LogP contribution in [0.1, 0.15) is 39.0 Å². The number of sulfone groups is 1. The molecule has 4 rings (SSSR count). The Bertz CT molecular complexity index is 1370. The Hall–Kier alpha value is -3.45. The molecule has 6 nitrogen and oxygen atoms in total. The van der Waals surface area contributed by atoms with Crippen molar-refractivity contribution in [3.05, 3.63) is 94.5 Å². The molecule has 0 spiro atoms. The quantitative estimate of drug-likeness (QED) is 0.443. The first-order chi connectivity index (χ1) is 16.6. The molecule has 0 heterocycles. The average molecular weight is 493 g/mol. The summed E-state index contributed by atoms with van der Waals surface area (Å²) in [5, 5.41) is 10.0. The number of ether oxygens (including phenoxy) is 1. The predicted octanol–water partition coefficient (Wildman–Crippen LogP) is 4.46. The van der Waals surface area contributed by atoms with Gasteiger partial charge in [-0.15, -0.1) is 0 Å². The molecule has 0 saturated heterocycles. The SMILES string of the molecule is COc1ccc(C(=O)CC2(C(=O)O)Cc3ccccc3C2)cc1S(=O)(=O)CCc1cccc(C)c1. The molecule has 0 radical (unpaired) electrons. The predicted molar refractivity (Wildman–Crippen MR) is 133 cm³/mol. The molecule has 3 aromatic rings.